The molecule has 0 aliphatic rings. The highest BCUT2D eigenvalue weighted by molar-refractivity contribution is 6.05. The lowest BCUT2D eigenvalue weighted by atomic mass is 10.1. The maximum Gasteiger partial charge on any atom is 0.229 e. The second kappa shape index (κ2) is 5.85. The highest BCUT2D eigenvalue weighted by Crippen LogP contribution is 2.02. The number of carbonyl (C=O) groups excluding carboxylic acids is 2. The summed E-state index contributed by atoms with van der Waals surface area (Å²) in [6, 6.07) is 9.51. The molecule has 3 nitrogen and oxygen atoms in total. The van der Waals surface area contributed by atoms with E-state index >= 15 is 0 Å². The van der Waals surface area contributed by atoms with Gasteiger partial charge in [0, 0.05) is 14.1 Å². The Labute approximate surface area is 95.4 Å². The SMILES string of the molecule is CN(C)C(=O)CC(=O)C=Cc1ccccc1. The van der Waals surface area contributed by atoms with Crippen LogP contribution in [0.3, 0.4) is 0 Å². The van der Waals surface area contributed by atoms with Gasteiger partial charge in [-0.15, -0.1) is 0 Å². The fourth-order valence-electron chi connectivity index (χ4n) is 1.12. The van der Waals surface area contributed by atoms with Crippen LogP contribution in [0.4, 0.5) is 0 Å². The van der Waals surface area contributed by atoms with Gasteiger partial charge in [0.25, 0.3) is 0 Å². The van der Waals surface area contributed by atoms with E-state index in [-0.39, 0.29) is 18.1 Å². The summed E-state index contributed by atoms with van der Waals surface area (Å²) in [5.74, 6) is -0.356. The van der Waals surface area contributed by atoms with Crippen molar-refractivity contribution in [3.8, 4) is 0 Å². The third kappa shape index (κ3) is 4.09. The Bertz CT molecular complexity index is 394. The van der Waals surface area contributed by atoms with Gasteiger partial charge in [0.1, 0.15) is 0 Å². The Morgan fingerprint density at radius 3 is 2.38 bits per heavy atom. The van der Waals surface area contributed by atoms with Gasteiger partial charge in [0.15, 0.2) is 5.78 Å². The first-order valence-electron chi connectivity index (χ1n) is 5.05. The summed E-state index contributed by atoms with van der Waals surface area (Å²) in [6.07, 6.45) is 3.08. The summed E-state index contributed by atoms with van der Waals surface area (Å²) in [5, 5.41) is 0. The Morgan fingerprint density at radius 2 is 1.81 bits per heavy atom. The molecular formula is C13H15NO2. The minimum Gasteiger partial charge on any atom is -0.348 e. The molecule has 0 spiro atoms. The van der Waals surface area contributed by atoms with Gasteiger partial charge < -0.3 is 4.90 Å². The number of ketones is 1. The van der Waals surface area contributed by atoms with E-state index in [1.807, 2.05) is 30.3 Å². The highest BCUT2D eigenvalue weighted by Gasteiger charge is 2.07. The van der Waals surface area contributed by atoms with Crippen LogP contribution < -0.4 is 0 Å². The van der Waals surface area contributed by atoms with E-state index in [2.05, 4.69) is 0 Å². The van der Waals surface area contributed by atoms with Gasteiger partial charge in [-0.3, -0.25) is 9.59 Å². The normalized spacial score (nSPS) is 10.4. The van der Waals surface area contributed by atoms with Crippen molar-refractivity contribution < 1.29 is 9.59 Å². The lowest BCUT2D eigenvalue weighted by Gasteiger charge is -2.07. The molecule has 0 aliphatic carbocycles. The number of amides is 1. The molecule has 0 aliphatic heterocycles. The molecule has 0 atom stereocenters. The van der Waals surface area contributed by atoms with Crippen LogP contribution in [0.1, 0.15) is 12.0 Å². The first-order valence-corrected chi connectivity index (χ1v) is 5.05. The Hall–Kier alpha value is -1.90. The predicted molar refractivity (Wildman–Crippen MR) is 63.8 cm³/mol. The molecule has 84 valence electrons. The fourth-order valence-corrected chi connectivity index (χ4v) is 1.12. The summed E-state index contributed by atoms with van der Waals surface area (Å²) in [4.78, 5) is 24.0. The third-order valence-electron chi connectivity index (χ3n) is 2.09. The number of hydrogen-bond acceptors (Lipinski definition) is 2. The predicted octanol–water partition coefficient (Wildman–Crippen LogP) is 1.75. The van der Waals surface area contributed by atoms with Crippen LogP contribution in [0.5, 0.6) is 0 Å². The fraction of sp³-hybridized carbons (Fsp3) is 0.231. The van der Waals surface area contributed by atoms with Crippen LogP contribution >= 0.6 is 0 Å². The maximum atomic E-state index is 11.4. The van der Waals surface area contributed by atoms with Crippen LogP contribution in [0, 0.1) is 0 Å². The van der Waals surface area contributed by atoms with Crippen molar-refractivity contribution in [3.63, 3.8) is 0 Å². The molecule has 0 aromatic heterocycles. The minimum absolute atomic E-state index is 0.0731. The number of hydrogen-bond donors (Lipinski definition) is 0. The molecule has 0 N–H and O–H groups in total. The van der Waals surface area contributed by atoms with Crippen LogP contribution in [-0.4, -0.2) is 30.7 Å². The summed E-state index contributed by atoms with van der Waals surface area (Å²) >= 11 is 0. The lowest BCUT2D eigenvalue weighted by molar-refractivity contribution is -0.132. The first kappa shape index (κ1) is 12.2. The zero-order valence-electron chi connectivity index (χ0n) is 9.51. The highest BCUT2D eigenvalue weighted by atomic mass is 16.2. The van der Waals surface area contributed by atoms with E-state index in [4.69, 9.17) is 0 Å². The topological polar surface area (TPSA) is 37.4 Å². The van der Waals surface area contributed by atoms with Crippen LogP contribution in [-0.2, 0) is 9.59 Å². The smallest absolute Gasteiger partial charge is 0.229 e. The van der Waals surface area contributed by atoms with Crippen molar-refractivity contribution in [2.45, 2.75) is 6.42 Å². The van der Waals surface area contributed by atoms with Crippen molar-refractivity contribution in [3.05, 3.63) is 42.0 Å². The van der Waals surface area contributed by atoms with E-state index < -0.39 is 0 Å². The van der Waals surface area contributed by atoms with Gasteiger partial charge in [0.2, 0.25) is 5.91 Å². The molecule has 0 bridgehead atoms. The second-order valence-corrected chi connectivity index (χ2v) is 3.68. The van der Waals surface area contributed by atoms with Gasteiger partial charge in [-0.1, -0.05) is 36.4 Å². The minimum atomic E-state index is -0.178. The average molecular weight is 217 g/mol. The van der Waals surface area contributed by atoms with E-state index in [9.17, 15) is 9.59 Å². The van der Waals surface area contributed by atoms with Gasteiger partial charge in [-0.2, -0.15) is 0 Å². The zero-order valence-corrected chi connectivity index (χ0v) is 9.51. The molecular weight excluding hydrogens is 202 g/mol. The number of allylic oxidation sites excluding steroid dienone is 1. The summed E-state index contributed by atoms with van der Waals surface area (Å²) in [6.45, 7) is 0. The first-order chi connectivity index (χ1) is 7.59. The maximum absolute atomic E-state index is 11.4. The van der Waals surface area contributed by atoms with Crippen LogP contribution in [0.2, 0.25) is 0 Å². The summed E-state index contributed by atoms with van der Waals surface area (Å²) < 4.78 is 0. The van der Waals surface area contributed by atoms with Crippen molar-refractivity contribution in [1.29, 1.82) is 0 Å². The van der Waals surface area contributed by atoms with Gasteiger partial charge in [-0.25, -0.2) is 0 Å². The second-order valence-electron chi connectivity index (χ2n) is 3.68. The van der Waals surface area contributed by atoms with E-state index in [0.29, 0.717) is 0 Å². The van der Waals surface area contributed by atoms with Crippen LogP contribution in [0.25, 0.3) is 6.08 Å². The Morgan fingerprint density at radius 1 is 1.19 bits per heavy atom. The zero-order chi connectivity index (χ0) is 12.0. The number of benzene rings is 1. The molecule has 0 saturated carbocycles. The molecule has 1 aromatic rings. The van der Waals surface area contributed by atoms with Gasteiger partial charge in [-0.05, 0) is 11.6 Å². The molecule has 1 aromatic carbocycles. The van der Waals surface area contributed by atoms with Crippen molar-refractivity contribution in [2.75, 3.05) is 14.1 Å². The summed E-state index contributed by atoms with van der Waals surface area (Å²) in [5.41, 5.74) is 0.952. The Kier molecular flexibility index (Phi) is 4.45. The van der Waals surface area contributed by atoms with Crippen molar-refractivity contribution >= 4 is 17.8 Å². The standard InChI is InChI=1S/C13H15NO2/c1-14(2)13(16)10-12(15)9-8-11-6-4-3-5-7-11/h3-9H,10H2,1-2H3. The van der Waals surface area contributed by atoms with Crippen molar-refractivity contribution in [2.24, 2.45) is 0 Å². The molecule has 0 heterocycles. The quantitative estimate of drug-likeness (QED) is 0.569. The molecule has 0 unspecified atom stereocenters. The van der Waals surface area contributed by atoms with E-state index in [1.165, 1.54) is 11.0 Å². The molecule has 3 heteroatoms. The molecule has 16 heavy (non-hydrogen) atoms. The Balaban J connectivity index is 2.52. The molecule has 1 amide bonds. The van der Waals surface area contributed by atoms with E-state index in [1.54, 1.807) is 20.2 Å². The number of nitrogens with zero attached hydrogens (tertiary/aromatic N) is 1. The third-order valence-corrected chi connectivity index (χ3v) is 2.09. The lowest BCUT2D eigenvalue weighted by Crippen LogP contribution is -2.23. The van der Waals surface area contributed by atoms with Crippen LogP contribution in [0.15, 0.2) is 36.4 Å². The van der Waals surface area contributed by atoms with E-state index in [0.717, 1.165) is 5.56 Å². The van der Waals surface area contributed by atoms with Gasteiger partial charge >= 0.3 is 0 Å². The number of rotatable bonds is 4. The number of carbonyl (C=O) groups is 2. The molecule has 0 saturated heterocycles. The monoisotopic (exact) mass is 217 g/mol. The molecule has 0 fully saturated rings. The largest absolute Gasteiger partial charge is 0.348 e. The summed E-state index contributed by atoms with van der Waals surface area (Å²) in [7, 11) is 3.27. The van der Waals surface area contributed by atoms with Crippen molar-refractivity contribution in [1.82, 2.24) is 4.90 Å². The average Bonchev–Trinajstić information content (AvgIpc) is 2.27. The molecule has 0 radical (unpaired) electrons. The van der Waals surface area contributed by atoms with Gasteiger partial charge in [0.05, 0.1) is 6.42 Å². The molecule has 1 rings (SSSR count).